The molecule has 0 N–H and O–H groups in total. The summed E-state index contributed by atoms with van der Waals surface area (Å²) in [6, 6.07) is 8.66. The molecule has 0 fully saturated rings. The number of benzene rings is 1. The molecule has 3 rings (SSSR count). The Hall–Kier alpha value is -1.82. The van der Waals surface area contributed by atoms with E-state index in [2.05, 4.69) is 61.2 Å². The largest absolute Gasteiger partial charge is 0.103 e. The summed E-state index contributed by atoms with van der Waals surface area (Å²) < 4.78 is 0. The molecule has 1 aromatic carbocycles. The molecule has 0 aromatic heterocycles. The minimum Gasteiger partial charge on any atom is -0.103 e. The second-order valence-corrected chi connectivity index (χ2v) is 4.25. The van der Waals surface area contributed by atoms with Gasteiger partial charge in [0, 0.05) is 5.92 Å². The molecule has 1 unspecified atom stereocenters. The highest BCUT2D eigenvalue weighted by Gasteiger charge is 2.20. The average Bonchev–Trinajstić information content (AvgIpc) is 2.98. The van der Waals surface area contributed by atoms with E-state index in [0.717, 1.165) is 6.42 Å². The Morgan fingerprint density at radius 2 is 2.06 bits per heavy atom. The van der Waals surface area contributed by atoms with Crippen LogP contribution < -0.4 is 0 Å². The number of allylic oxidation sites excluding steroid dienone is 6. The zero-order chi connectivity index (χ0) is 12.1. The van der Waals surface area contributed by atoms with Gasteiger partial charge in [-0.05, 0) is 24.5 Å². The first-order chi connectivity index (χ1) is 8.36. The predicted molar refractivity (Wildman–Crippen MR) is 75.9 cm³/mol. The molecule has 0 spiro atoms. The number of fused-ring (bicyclic) bond motifs is 1. The van der Waals surface area contributed by atoms with E-state index in [1.54, 1.807) is 6.08 Å². The fourth-order valence-electron chi connectivity index (χ4n) is 2.27. The molecule has 86 valence electrons. The van der Waals surface area contributed by atoms with E-state index in [4.69, 9.17) is 0 Å². The van der Waals surface area contributed by atoms with Crippen molar-refractivity contribution >= 4 is 6.08 Å². The first-order valence-electron chi connectivity index (χ1n) is 6.06. The average molecular weight is 222 g/mol. The maximum atomic E-state index is 3.36. The molecule has 0 bridgehead atoms. The van der Waals surface area contributed by atoms with Crippen molar-refractivity contribution in [3.05, 3.63) is 77.9 Å². The number of rotatable bonds is 1. The minimum absolute atomic E-state index is 0.529. The molecule has 0 aliphatic heterocycles. The molecule has 0 saturated heterocycles. The monoisotopic (exact) mass is 222 g/mol. The van der Waals surface area contributed by atoms with Crippen LogP contribution in [0.15, 0.2) is 66.8 Å². The third kappa shape index (κ3) is 2.47. The molecule has 17 heavy (non-hydrogen) atoms. The third-order valence-corrected chi connectivity index (χ3v) is 3.00. The quantitative estimate of drug-likeness (QED) is 0.594. The van der Waals surface area contributed by atoms with Gasteiger partial charge in [0.2, 0.25) is 0 Å². The summed E-state index contributed by atoms with van der Waals surface area (Å²) in [5, 5.41) is 0. The Morgan fingerprint density at radius 3 is 2.76 bits per heavy atom. The molecule has 0 saturated carbocycles. The van der Waals surface area contributed by atoms with Crippen LogP contribution in [0.3, 0.4) is 0 Å². The van der Waals surface area contributed by atoms with Crippen LogP contribution in [0.5, 0.6) is 0 Å². The fraction of sp³-hybridized carbons (Fsp3) is 0.176. The zero-order valence-electron chi connectivity index (χ0n) is 10.3. The van der Waals surface area contributed by atoms with E-state index in [0.29, 0.717) is 5.92 Å². The Balaban J connectivity index is 0.000000329. The van der Waals surface area contributed by atoms with Gasteiger partial charge in [0.25, 0.3) is 0 Å². The fourth-order valence-corrected chi connectivity index (χ4v) is 2.27. The molecular formula is C17H18. The summed E-state index contributed by atoms with van der Waals surface area (Å²) in [7, 11) is 0. The van der Waals surface area contributed by atoms with Crippen molar-refractivity contribution in [3.63, 3.8) is 0 Å². The third-order valence-electron chi connectivity index (χ3n) is 3.00. The second-order valence-electron chi connectivity index (χ2n) is 4.25. The first kappa shape index (κ1) is 11.7. The van der Waals surface area contributed by atoms with Gasteiger partial charge >= 0.3 is 0 Å². The Morgan fingerprint density at radius 1 is 1.29 bits per heavy atom. The van der Waals surface area contributed by atoms with Crippen molar-refractivity contribution in [1.82, 2.24) is 0 Å². The summed E-state index contributed by atoms with van der Waals surface area (Å²) in [6.07, 6.45) is 14.0. The number of hydrogen-bond acceptors (Lipinski definition) is 0. The van der Waals surface area contributed by atoms with Crippen LogP contribution >= 0.6 is 0 Å². The van der Waals surface area contributed by atoms with E-state index in [-0.39, 0.29) is 0 Å². The lowest BCUT2D eigenvalue weighted by Crippen LogP contribution is -1.95. The maximum absolute atomic E-state index is 3.36. The van der Waals surface area contributed by atoms with Gasteiger partial charge in [0.15, 0.2) is 0 Å². The molecule has 2 aliphatic carbocycles. The normalized spacial score (nSPS) is 19.4. The van der Waals surface area contributed by atoms with Gasteiger partial charge in [-0.15, -0.1) is 6.58 Å². The molecule has 2 aliphatic rings. The summed E-state index contributed by atoms with van der Waals surface area (Å²) in [5.41, 5.74) is 4.36. The molecule has 0 amide bonds. The lowest BCUT2D eigenvalue weighted by atomic mass is 9.92. The molecule has 0 radical (unpaired) electrons. The molecule has 0 nitrogen and oxygen atoms in total. The van der Waals surface area contributed by atoms with Gasteiger partial charge in [-0.2, -0.15) is 0 Å². The van der Waals surface area contributed by atoms with Crippen molar-refractivity contribution in [3.8, 4) is 0 Å². The standard InChI is InChI=1S/C14H12.C3H6/c1-2-6-11(5-1)14-10-9-12-7-3-4-8-13(12)14;1-3-2/h1-5,7-10,14H,6H2;3H,1H2,2H3. The summed E-state index contributed by atoms with van der Waals surface area (Å²) in [4.78, 5) is 0. The van der Waals surface area contributed by atoms with Gasteiger partial charge in [-0.1, -0.05) is 66.3 Å². The van der Waals surface area contributed by atoms with E-state index in [9.17, 15) is 0 Å². The van der Waals surface area contributed by atoms with Crippen molar-refractivity contribution in [2.24, 2.45) is 0 Å². The van der Waals surface area contributed by atoms with Crippen molar-refractivity contribution in [2.45, 2.75) is 19.3 Å². The highest BCUT2D eigenvalue weighted by atomic mass is 14.2. The van der Waals surface area contributed by atoms with Crippen molar-refractivity contribution in [1.29, 1.82) is 0 Å². The Kier molecular flexibility index (Phi) is 3.77. The topological polar surface area (TPSA) is 0 Å². The van der Waals surface area contributed by atoms with E-state index in [1.807, 2.05) is 6.92 Å². The van der Waals surface area contributed by atoms with Crippen LogP contribution in [0, 0.1) is 0 Å². The molecule has 0 heterocycles. The van der Waals surface area contributed by atoms with E-state index in [1.165, 1.54) is 16.7 Å². The van der Waals surface area contributed by atoms with Crippen LogP contribution in [0.4, 0.5) is 0 Å². The van der Waals surface area contributed by atoms with Gasteiger partial charge in [0.05, 0.1) is 0 Å². The number of hydrogen-bond donors (Lipinski definition) is 0. The molecule has 1 atom stereocenters. The summed E-state index contributed by atoms with van der Waals surface area (Å²) in [6.45, 7) is 5.25. The molecule has 0 heteroatoms. The second kappa shape index (κ2) is 5.49. The lowest BCUT2D eigenvalue weighted by molar-refractivity contribution is 0.975. The highest BCUT2D eigenvalue weighted by molar-refractivity contribution is 5.65. The van der Waals surface area contributed by atoms with Crippen LogP contribution in [0.1, 0.15) is 30.4 Å². The maximum Gasteiger partial charge on any atom is 0.0243 e. The van der Waals surface area contributed by atoms with Crippen LogP contribution in [0.25, 0.3) is 6.08 Å². The van der Waals surface area contributed by atoms with Gasteiger partial charge in [-0.25, -0.2) is 0 Å². The van der Waals surface area contributed by atoms with E-state index >= 15 is 0 Å². The predicted octanol–water partition coefficient (Wildman–Crippen LogP) is 4.88. The Bertz CT molecular complexity index is 487. The van der Waals surface area contributed by atoms with Gasteiger partial charge < -0.3 is 0 Å². The van der Waals surface area contributed by atoms with Crippen molar-refractivity contribution in [2.75, 3.05) is 0 Å². The molecular weight excluding hydrogens is 204 g/mol. The van der Waals surface area contributed by atoms with Crippen LogP contribution in [-0.4, -0.2) is 0 Å². The van der Waals surface area contributed by atoms with Crippen LogP contribution in [-0.2, 0) is 0 Å². The Labute approximate surface area is 104 Å². The van der Waals surface area contributed by atoms with Crippen molar-refractivity contribution < 1.29 is 0 Å². The smallest absolute Gasteiger partial charge is 0.0243 e. The SMILES string of the molecule is C1=CCC(C2C=Cc3ccccc32)=C1.C=CC. The summed E-state index contributed by atoms with van der Waals surface area (Å²) in [5.74, 6) is 0.529. The summed E-state index contributed by atoms with van der Waals surface area (Å²) >= 11 is 0. The highest BCUT2D eigenvalue weighted by Crippen LogP contribution is 2.37. The van der Waals surface area contributed by atoms with E-state index < -0.39 is 0 Å². The first-order valence-corrected chi connectivity index (χ1v) is 6.06. The van der Waals surface area contributed by atoms with Gasteiger partial charge in [0.1, 0.15) is 0 Å². The zero-order valence-corrected chi connectivity index (χ0v) is 10.3. The van der Waals surface area contributed by atoms with Gasteiger partial charge in [-0.3, -0.25) is 0 Å². The molecule has 1 aromatic rings. The lowest BCUT2D eigenvalue weighted by Gasteiger charge is -2.11. The van der Waals surface area contributed by atoms with Crippen LogP contribution in [0.2, 0.25) is 0 Å². The minimum atomic E-state index is 0.529.